The number of carbonyl (C=O) groups is 4. The number of nitrogens with one attached hydrogen (secondary N) is 2. The highest BCUT2D eigenvalue weighted by Gasteiger charge is 2.45. The van der Waals surface area contributed by atoms with Crippen molar-refractivity contribution in [3.8, 4) is 0 Å². The van der Waals surface area contributed by atoms with Gasteiger partial charge in [0.25, 0.3) is 0 Å². The van der Waals surface area contributed by atoms with Crippen LogP contribution in [0.25, 0.3) is 0 Å². The van der Waals surface area contributed by atoms with E-state index in [1.165, 1.54) is 33.6 Å². The molecule has 2 aromatic heterocycles. The van der Waals surface area contributed by atoms with Crippen molar-refractivity contribution in [3.05, 3.63) is 22.3 Å². The van der Waals surface area contributed by atoms with Gasteiger partial charge in [0.2, 0.25) is 22.9 Å². The van der Waals surface area contributed by atoms with E-state index in [4.69, 9.17) is 22.6 Å². The number of nitrogen functional groups attached to an aromatic ring is 1. The number of tetrazole rings is 1. The van der Waals surface area contributed by atoms with Crippen LogP contribution in [0.15, 0.2) is 21.8 Å². The van der Waals surface area contributed by atoms with Gasteiger partial charge in [-0.3, -0.25) is 24.7 Å². The molecule has 0 aliphatic carbocycles. The summed E-state index contributed by atoms with van der Waals surface area (Å²) < 4.78 is 1.53. The molecule has 0 aromatic carbocycles. The lowest BCUT2D eigenvalue weighted by Gasteiger charge is -2.43. The van der Waals surface area contributed by atoms with Gasteiger partial charge in [-0.05, 0) is 22.9 Å². The Balaban J connectivity index is 0.000000212. The Morgan fingerprint density at radius 2 is 2.08 bits per heavy atom. The van der Waals surface area contributed by atoms with E-state index in [9.17, 15) is 24.3 Å². The number of nitrogens with zero attached hydrogens (tertiary/aromatic N) is 6. The molecule has 0 radical (unpaired) electrons. The second-order valence-corrected chi connectivity index (χ2v) is 11.0. The number of aliphatic carboxylic acids is 1. The van der Waals surface area contributed by atoms with Gasteiger partial charge in [-0.15, -0.1) is 28.2 Å². The van der Waals surface area contributed by atoms with Crippen LogP contribution in [-0.4, -0.2) is 81.6 Å². The average Bonchev–Trinajstić information content (AvgIpc) is 3.47. The van der Waals surface area contributed by atoms with Crippen molar-refractivity contribution in [2.75, 3.05) is 17.2 Å². The molecule has 9 N–H and O–H groups in total. The number of anilines is 1. The maximum atomic E-state index is 11.7. The van der Waals surface area contributed by atoms with Crippen LogP contribution in [0, 0.1) is 11.3 Å². The van der Waals surface area contributed by atoms with Crippen molar-refractivity contribution in [3.63, 3.8) is 0 Å². The van der Waals surface area contributed by atoms with E-state index in [2.05, 4.69) is 25.8 Å². The van der Waals surface area contributed by atoms with Crippen molar-refractivity contribution < 1.29 is 24.3 Å². The average molecular weight is 584 g/mol. The van der Waals surface area contributed by atoms with Gasteiger partial charge in [-0.25, -0.2) is 14.5 Å². The van der Waals surface area contributed by atoms with Crippen molar-refractivity contribution in [1.82, 2.24) is 35.4 Å². The third-order valence-corrected chi connectivity index (χ3v) is 8.42. The number of rotatable bonds is 9. The molecule has 16 nitrogen and oxygen atoms in total. The molecule has 204 valence electrons. The summed E-state index contributed by atoms with van der Waals surface area (Å²) in [4.78, 5) is 51.2. The first kappa shape index (κ1) is 28.9. The van der Waals surface area contributed by atoms with Crippen LogP contribution in [-0.2, 0) is 26.2 Å². The summed E-state index contributed by atoms with van der Waals surface area (Å²) in [5, 5.41) is 32.4. The zero-order valence-corrected chi connectivity index (χ0v) is 22.6. The number of aromatic nitrogens is 5. The number of fused-ring (bicyclic) bond motifs is 1. The highest BCUT2D eigenvalue weighted by atomic mass is 32.2. The highest BCUT2D eigenvalue weighted by molar-refractivity contribution is 8.00. The maximum Gasteiger partial charge on any atom is 0.352 e. The fourth-order valence-electron chi connectivity index (χ4n) is 3.22. The van der Waals surface area contributed by atoms with Gasteiger partial charge in [0.15, 0.2) is 11.2 Å². The Morgan fingerprint density at radius 1 is 1.37 bits per heavy atom. The molecule has 1 fully saturated rings. The number of aryl methyl sites for hydroxylation is 1. The topological polar surface area (TPSA) is 262 Å². The Kier molecular flexibility index (Phi) is 9.28. The number of hydrogen-bond acceptors (Lipinski definition) is 13. The van der Waals surface area contributed by atoms with E-state index in [1.54, 1.807) is 18.8 Å². The van der Waals surface area contributed by atoms with Crippen molar-refractivity contribution in [2.45, 2.75) is 29.9 Å². The summed E-state index contributed by atoms with van der Waals surface area (Å²) in [6.07, 6.45) is 0.426. The number of primary amides is 1. The molecule has 4 rings (SSSR count). The number of carboxylic acids is 1. The molecule has 19 heteroatoms. The largest absolute Gasteiger partial charge is 0.477 e. The molecule has 0 saturated carbocycles. The number of nitrogens with two attached hydrogens (primary N) is 3. The third-order valence-electron chi connectivity index (χ3n) is 5.36. The summed E-state index contributed by atoms with van der Waals surface area (Å²) in [7, 11) is 1.72. The Hall–Kier alpha value is -3.71. The highest BCUT2D eigenvalue weighted by Crippen LogP contribution is 2.41. The lowest BCUT2D eigenvalue weighted by Crippen LogP contribution is -2.54. The third kappa shape index (κ3) is 6.58. The Labute approximate surface area is 228 Å². The quantitative estimate of drug-likeness (QED) is 0.0885. The summed E-state index contributed by atoms with van der Waals surface area (Å²) >= 11 is 4.10. The molecule has 0 spiro atoms. The fourth-order valence-corrected chi connectivity index (χ4v) is 6.06. The van der Waals surface area contributed by atoms with Crippen LogP contribution in [0.1, 0.15) is 25.1 Å². The molecule has 1 saturated heterocycles. The normalized spacial score (nSPS) is 17.9. The first-order valence-electron chi connectivity index (χ1n) is 10.8. The van der Waals surface area contributed by atoms with Gasteiger partial charge in [0, 0.05) is 23.9 Å². The minimum absolute atomic E-state index is 0.0150. The molecule has 3 atom stereocenters. The van der Waals surface area contributed by atoms with Gasteiger partial charge >= 0.3 is 5.97 Å². The minimum Gasteiger partial charge on any atom is -0.477 e. The van der Waals surface area contributed by atoms with Gasteiger partial charge in [-0.1, -0.05) is 11.8 Å². The van der Waals surface area contributed by atoms with Crippen LogP contribution in [0.2, 0.25) is 0 Å². The Morgan fingerprint density at radius 3 is 2.58 bits per heavy atom. The number of thioether (sulfide) groups is 2. The fraction of sp³-hybridized carbons (Fsp3) is 0.421. The molecule has 2 aromatic rings. The molecule has 3 amide bonds. The van der Waals surface area contributed by atoms with Crippen LogP contribution in [0.5, 0.6) is 0 Å². The first-order valence-corrected chi connectivity index (χ1v) is 13.7. The predicted octanol–water partition coefficient (Wildman–Crippen LogP) is -1.11. The lowest BCUT2D eigenvalue weighted by molar-refractivity contribution is -0.146. The van der Waals surface area contributed by atoms with Crippen LogP contribution >= 0.6 is 34.9 Å². The standard InChI is InChI=1S/C10H11N5O3S2.C9H14N6O2S/c1-14-10(11-12-13-14)20-4-5-3-19-7-2-6(16)15(7)8(5)9(17)18;1-3(6(10)11)8(17)15-5(7(12)16)4-2-18-9(13)14-4/h7H,2-4H2,1H3,(H,17,18);2-3,5H,1H3,(H3,10,11)(H2,12,16)(H2,13,14)(H,15,17)/t7-;/m0./s1. The van der Waals surface area contributed by atoms with Gasteiger partial charge in [0.1, 0.15) is 11.5 Å². The van der Waals surface area contributed by atoms with Gasteiger partial charge < -0.3 is 27.6 Å². The number of thiazole rings is 1. The minimum atomic E-state index is -1.08. The van der Waals surface area contributed by atoms with Crippen molar-refractivity contribution in [1.29, 1.82) is 5.41 Å². The lowest BCUT2D eigenvalue weighted by atomic mass is 10.1. The summed E-state index contributed by atoms with van der Waals surface area (Å²) in [6.45, 7) is 1.45. The van der Waals surface area contributed by atoms with Crippen LogP contribution in [0.4, 0.5) is 5.13 Å². The zero-order chi connectivity index (χ0) is 28.1. The van der Waals surface area contributed by atoms with E-state index < -0.39 is 29.7 Å². The molecular formula is C19H25N11O5S3. The number of carboxylic acid groups (broad SMARTS) is 1. The van der Waals surface area contributed by atoms with E-state index in [-0.39, 0.29) is 33.6 Å². The van der Waals surface area contributed by atoms with E-state index in [1.807, 2.05) is 0 Å². The van der Waals surface area contributed by atoms with E-state index >= 15 is 0 Å². The first-order chi connectivity index (χ1) is 17.9. The SMILES string of the molecule is CC(C(=N)N)C(=O)NC(C(N)=O)c1csc(N)n1.Cn1nnnc1SCC1=C(C(=O)O)N2C(=O)C[C@@H]2SC1. The summed E-state index contributed by atoms with van der Waals surface area (Å²) in [5.74, 6) is -2.57. The van der Waals surface area contributed by atoms with E-state index in [0.29, 0.717) is 23.1 Å². The number of hydrogen-bond donors (Lipinski definition) is 6. The number of amides is 3. The molecule has 2 aliphatic heterocycles. The molecule has 4 heterocycles. The molecule has 38 heavy (non-hydrogen) atoms. The number of β-lactam (4-membered cyclic amide) rings is 1. The van der Waals surface area contributed by atoms with Crippen LogP contribution < -0.4 is 22.5 Å². The number of carbonyl (C=O) groups excluding carboxylic acids is 3. The second kappa shape index (κ2) is 12.2. The second-order valence-electron chi connectivity index (χ2n) is 8.00. The molecule has 2 aliphatic rings. The van der Waals surface area contributed by atoms with Crippen molar-refractivity contribution in [2.24, 2.45) is 24.4 Å². The van der Waals surface area contributed by atoms with Gasteiger partial charge in [-0.2, -0.15) is 0 Å². The monoisotopic (exact) mass is 583 g/mol. The zero-order valence-electron chi connectivity index (χ0n) is 20.2. The van der Waals surface area contributed by atoms with Gasteiger partial charge in [0.05, 0.1) is 23.4 Å². The molecular weight excluding hydrogens is 558 g/mol. The van der Waals surface area contributed by atoms with Crippen molar-refractivity contribution >= 4 is 69.5 Å². The summed E-state index contributed by atoms with van der Waals surface area (Å²) in [6, 6.07) is -1.08. The Bertz CT molecular complexity index is 1290. The molecule has 2 unspecified atom stereocenters. The maximum absolute atomic E-state index is 11.7. The molecule has 0 bridgehead atoms. The summed E-state index contributed by atoms with van der Waals surface area (Å²) in [5.41, 5.74) is 17.0. The number of amidine groups is 1. The van der Waals surface area contributed by atoms with Crippen LogP contribution in [0.3, 0.4) is 0 Å². The predicted molar refractivity (Wildman–Crippen MR) is 140 cm³/mol. The van der Waals surface area contributed by atoms with E-state index in [0.717, 1.165) is 16.9 Å². The smallest absolute Gasteiger partial charge is 0.352 e.